The fraction of sp³-hybridized carbons (Fsp3) is 0.625. The zero-order valence-electron chi connectivity index (χ0n) is 12.8. The molecular weight excluding hydrogens is 284 g/mol. The Morgan fingerprint density at radius 1 is 1.14 bits per heavy atom. The molecule has 0 heterocycles. The topological polar surface area (TPSA) is 58.2 Å². The van der Waals surface area contributed by atoms with Crippen molar-refractivity contribution in [2.75, 3.05) is 13.1 Å². The Hall–Kier alpha value is -0.910. The van der Waals surface area contributed by atoms with Gasteiger partial charge in [0.2, 0.25) is 10.0 Å². The second-order valence-electron chi connectivity index (χ2n) is 5.80. The second kappa shape index (κ2) is 7.92. The molecule has 0 aliphatic heterocycles. The SMILES string of the molecule is CCCNCc1ccc(S(=O)(=O)NCCC2CCC2)cc1. The zero-order chi connectivity index (χ0) is 15.1. The Morgan fingerprint density at radius 2 is 1.86 bits per heavy atom. The van der Waals surface area contributed by atoms with Crippen LogP contribution in [0.2, 0.25) is 0 Å². The van der Waals surface area contributed by atoms with Crippen molar-refractivity contribution in [3.05, 3.63) is 29.8 Å². The lowest BCUT2D eigenvalue weighted by atomic mass is 9.83. The molecule has 5 heteroatoms. The van der Waals surface area contributed by atoms with Crippen molar-refractivity contribution in [2.45, 2.75) is 50.5 Å². The number of hydrogen-bond donors (Lipinski definition) is 2. The lowest BCUT2D eigenvalue weighted by Crippen LogP contribution is -2.27. The molecule has 4 nitrogen and oxygen atoms in total. The summed E-state index contributed by atoms with van der Waals surface area (Å²) in [6.45, 7) is 4.43. The molecule has 2 rings (SSSR count). The van der Waals surface area contributed by atoms with Crippen LogP contribution in [-0.4, -0.2) is 21.5 Å². The molecule has 118 valence electrons. The molecule has 0 aromatic heterocycles. The molecule has 2 N–H and O–H groups in total. The largest absolute Gasteiger partial charge is 0.313 e. The minimum Gasteiger partial charge on any atom is -0.313 e. The molecule has 0 spiro atoms. The maximum absolute atomic E-state index is 12.2. The summed E-state index contributed by atoms with van der Waals surface area (Å²) in [4.78, 5) is 0.357. The predicted octanol–water partition coefficient (Wildman–Crippen LogP) is 2.65. The molecule has 0 bridgehead atoms. The molecule has 1 aromatic rings. The smallest absolute Gasteiger partial charge is 0.240 e. The van der Waals surface area contributed by atoms with Crippen LogP contribution < -0.4 is 10.0 Å². The van der Waals surface area contributed by atoms with E-state index in [-0.39, 0.29) is 0 Å². The predicted molar refractivity (Wildman–Crippen MR) is 85.6 cm³/mol. The van der Waals surface area contributed by atoms with E-state index in [1.54, 1.807) is 12.1 Å². The van der Waals surface area contributed by atoms with Crippen molar-refractivity contribution < 1.29 is 8.42 Å². The highest BCUT2D eigenvalue weighted by atomic mass is 32.2. The zero-order valence-corrected chi connectivity index (χ0v) is 13.6. The molecule has 1 aliphatic rings. The molecule has 0 radical (unpaired) electrons. The Kier molecular flexibility index (Phi) is 6.21. The summed E-state index contributed by atoms with van der Waals surface area (Å²) in [7, 11) is -3.35. The monoisotopic (exact) mass is 310 g/mol. The molecule has 0 unspecified atom stereocenters. The highest BCUT2D eigenvalue weighted by Gasteiger charge is 2.19. The highest BCUT2D eigenvalue weighted by molar-refractivity contribution is 7.89. The van der Waals surface area contributed by atoms with Crippen LogP contribution in [0.4, 0.5) is 0 Å². The van der Waals surface area contributed by atoms with Crippen molar-refractivity contribution in [1.82, 2.24) is 10.0 Å². The lowest BCUT2D eigenvalue weighted by molar-refractivity contribution is 0.297. The van der Waals surface area contributed by atoms with Gasteiger partial charge in [-0.25, -0.2) is 13.1 Å². The normalized spacial score (nSPS) is 15.9. The van der Waals surface area contributed by atoms with Crippen LogP contribution >= 0.6 is 0 Å². The van der Waals surface area contributed by atoms with E-state index in [9.17, 15) is 8.42 Å². The first-order valence-corrected chi connectivity index (χ1v) is 9.39. The molecule has 1 fully saturated rings. The van der Waals surface area contributed by atoms with Crippen molar-refractivity contribution >= 4 is 10.0 Å². The maximum atomic E-state index is 12.2. The van der Waals surface area contributed by atoms with Gasteiger partial charge in [-0.1, -0.05) is 38.3 Å². The summed E-state index contributed by atoms with van der Waals surface area (Å²) in [5.41, 5.74) is 1.11. The Morgan fingerprint density at radius 3 is 2.43 bits per heavy atom. The molecule has 1 aromatic carbocycles. The summed E-state index contributed by atoms with van der Waals surface area (Å²) in [6.07, 6.45) is 5.85. The van der Waals surface area contributed by atoms with E-state index in [4.69, 9.17) is 0 Å². The average molecular weight is 310 g/mol. The third kappa shape index (κ3) is 5.09. The van der Waals surface area contributed by atoms with Gasteiger partial charge >= 0.3 is 0 Å². The Labute approximate surface area is 128 Å². The van der Waals surface area contributed by atoms with E-state index >= 15 is 0 Å². The highest BCUT2D eigenvalue weighted by Crippen LogP contribution is 2.28. The van der Waals surface area contributed by atoms with Crippen LogP contribution in [0.1, 0.15) is 44.6 Å². The van der Waals surface area contributed by atoms with E-state index in [0.717, 1.165) is 37.4 Å². The quantitative estimate of drug-likeness (QED) is 0.689. The van der Waals surface area contributed by atoms with Gasteiger partial charge in [-0.2, -0.15) is 0 Å². The fourth-order valence-corrected chi connectivity index (χ4v) is 3.51. The summed E-state index contributed by atoms with van der Waals surface area (Å²) < 4.78 is 27.0. The van der Waals surface area contributed by atoms with Gasteiger partial charge in [0.15, 0.2) is 0 Å². The van der Waals surface area contributed by atoms with Crippen LogP contribution in [-0.2, 0) is 16.6 Å². The van der Waals surface area contributed by atoms with Gasteiger partial charge in [0.1, 0.15) is 0 Å². The first-order chi connectivity index (χ1) is 10.1. The third-order valence-electron chi connectivity index (χ3n) is 4.06. The summed E-state index contributed by atoms with van der Waals surface area (Å²) in [5, 5.41) is 3.30. The van der Waals surface area contributed by atoms with E-state index in [1.807, 2.05) is 12.1 Å². The molecule has 21 heavy (non-hydrogen) atoms. The van der Waals surface area contributed by atoms with Gasteiger partial charge in [-0.3, -0.25) is 0 Å². The number of rotatable bonds is 9. The van der Waals surface area contributed by atoms with E-state index in [2.05, 4.69) is 17.0 Å². The second-order valence-corrected chi connectivity index (χ2v) is 7.57. The van der Waals surface area contributed by atoms with Gasteiger partial charge < -0.3 is 5.32 Å². The molecule has 0 saturated heterocycles. The fourth-order valence-electron chi connectivity index (χ4n) is 2.46. The number of nitrogens with one attached hydrogen (secondary N) is 2. The first-order valence-electron chi connectivity index (χ1n) is 7.91. The molecule has 0 amide bonds. The standard InChI is InChI=1S/C16H26N2O2S/c1-2-11-17-13-15-6-8-16(9-7-15)21(19,20)18-12-10-14-4-3-5-14/h6-9,14,17-18H,2-5,10-13H2,1H3. The van der Waals surface area contributed by atoms with Gasteiger partial charge in [-0.15, -0.1) is 0 Å². The average Bonchev–Trinajstić information content (AvgIpc) is 2.42. The molecule has 1 aliphatic carbocycles. The van der Waals surface area contributed by atoms with Crippen molar-refractivity contribution in [2.24, 2.45) is 5.92 Å². The summed E-state index contributed by atoms with van der Waals surface area (Å²) >= 11 is 0. The van der Waals surface area contributed by atoms with Crippen LogP contribution in [0.25, 0.3) is 0 Å². The van der Waals surface area contributed by atoms with Gasteiger partial charge in [0.05, 0.1) is 4.90 Å². The van der Waals surface area contributed by atoms with Gasteiger partial charge in [0, 0.05) is 13.1 Å². The maximum Gasteiger partial charge on any atom is 0.240 e. The number of sulfonamides is 1. The van der Waals surface area contributed by atoms with Gasteiger partial charge in [-0.05, 0) is 43.0 Å². The van der Waals surface area contributed by atoms with Crippen molar-refractivity contribution in [1.29, 1.82) is 0 Å². The van der Waals surface area contributed by atoms with Gasteiger partial charge in [0.25, 0.3) is 0 Å². The summed E-state index contributed by atoms with van der Waals surface area (Å²) in [5.74, 6) is 0.722. The van der Waals surface area contributed by atoms with Crippen molar-refractivity contribution in [3.8, 4) is 0 Å². The van der Waals surface area contributed by atoms with Crippen LogP contribution in [0.15, 0.2) is 29.2 Å². The first kappa shape index (κ1) is 16.5. The van der Waals surface area contributed by atoms with Crippen LogP contribution in [0.5, 0.6) is 0 Å². The van der Waals surface area contributed by atoms with Crippen molar-refractivity contribution in [3.63, 3.8) is 0 Å². The van der Waals surface area contributed by atoms with E-state index in [1.165, 1.54) is 19.3 Å². The minimum atomic E-state index is -3.35. The molecule has 0 atom stereocenters. The minimum absolute atomic E-state index is 0.357. The van der Waals surface area contributed by atoms with E-state index in [0.29, 0.717) is 11.4 Å². The molecule has 1 saturated carbocycles. The summed E-state index contributed by atoms with van der Waals surface area (Å²) in [6, 6.07) is 7.13. The van der Waals surface area contributed by atoms with Crippen LogP contribution in [0, 0.1) is 5.92 Å². The number of benzene rings is 1. The molecular formula is C16H26N2O2S. The third-order valence-corrected chi connectivity index (χ3v) is 5.54. The van der Waals surface area contributed by atoms with E-state index < -0.39 is 10.0 Å². The lowest BCUT2D eigenvalue weighted by Gasteiger charge is -2.25. The number of hydrogen-bond acceptors (Lipinski definition) is 3. The van der Waals surface area contributed by atoms with Crippen LogP contribution in [0.3, 0.4) is 0 Å². The Balaban J connectivity index is 1.83. The Bertz CT molecular complexity index is 522.